The molecule has 0 fully saturated rings. The Bertz CT molecular complexity index is 850. The molecule has 23 heavy (non-hydrogen) atoms. The van der Waals surface area contributed by atoms with Crippen LogP contribution in [-0.4, -0.2) is 12.3 Å². The summed E-state index contributed by atoms with van der Waals surface area (Å²) in [6.07, 6.45) is 0.676. The van der Waals surface area contributed by atoms with E-state index in [9.17, 15) is 9.59 Å². The molecule has 3 rings (SSSR count). The first-order valence-corrected chi connectivity index (χ1v) is 7.37. The summed E-state index contributed by atoms with van der Waals surface area (Å²) in [6.45, 7) is 1.61. The van der Waals surface area contributed by atoms with Gasteiger partial charge in [-0.1, -0.05) is 60.7 Å². The fourth-order valence-corrected chi connectivity index (χ4v) is 2.63. The maximum absolute atomic E-state index is 12.3. The first kappa shape index (κ1) is 15.0. The monoisotopic (exact) mass is 304 g/mol. The lowest BCUT2D eigenvalue weighted by Crippen LogP contribution is -2.31. The Kier molecular flexibility index (Phi) is 3.94. The second-order valence-electron chi connectivity index (χ2n) is 5.51. The number of ether oxygens (including phenoxy) is 1. The molecule has 0 saturated heterocycles. The van der Waals surface area contributed by atoms with Crippen molar-refractivity contribution in [1.82, 2.24) is 0 Å². The van der Waals surface area contributed by atoms with Crippen LogP contribution in [0.5, 0.6) is 0 Å². The van der Waals surface area contributed by atoms with Crippen LogP contribution in [0.3, 0.4) is 0 Å². The Morgan fingerprint density at radius 1 is 0.913 bits per heavy atom. The van der Waals surface area contributed by atoms with Crippen molar-refractivity contribution in [3.05, 3.63) is 83.9 Å². The third-order valence-electron chi connectivity index (χ3n) is 3.86. The molecule has 0 bridgehead atoms. The van der Waals surface area contributed by atoms with Gasteiger partial charge in [0, 0.05) is 5.56 Å². The van der Waals surface area contributed by atoms with Crippen LogP contribution in [0.1, 0.15) is 22.8 Å². The number of aldehydes is 1. The number of carbonyl (C=O) groups is 2. The number of carbonyl (C=O) groups excluding carboxylic acids is 2. The van der Waals surface area contributed by atoms with Crippen LogP contribution in [0.15, 0.2) is 72.8 Å². The van der Waals surface area contributed by atoms with Gasteiger partial charge >= 0.3 is 5.97 Å². The van der Waals surface area contributed by atoms with E-state index in [0.717, 1.165) is 10.8 Å². The van der Waals surface area contributed by atoms with E-state index in [4.69, 9.17) is 4.74 Å². The molecule has 0 aliphatic heterocycles. The van der Waals surface area contributed by atoms with Crippen molar-refractivity contribution in [3.8, 4) is 0 Å². The highest BCUT2D eigenvalue weighted by molar-refractivity contribution is 5.93. The molecule has 0 aliphatic carbocycles. The minimum absolute atomic E-state index is 0.417. The third kappa shape index (κ3) is 2.86. The zero-order valence-corrected chi connectivity index (χ0v) is 12.7. The Morgan fingerprint density at radius 2 is 1.57 bits per heavy atom. The molecule has 3 aromatic carbocycles. The van der Waals surface area contributed by atoms with Gasteiger partial charge in [-0.15, -0.1) is 0 Å². The lowest BCUT2D eigenvalue weighted by atomic mass is 9.91. The molecular formula is C20H16O3. The Balaban J connectivity index is 2.03. The second kappa shape index (κ2) is 6.05. The van der Waals surface area contributed by atoms with Crippen molar-refractivity contribution in [3.63, 3.8) is 0 Å². The molecule has 0 aliphatic rings. The molecule has 3 heteroatoms. The normalized spacial score (nSPS) is 13.3. The topological polar surface area (TPSA) is 43.4 Å². The predicted molar refractivity (Wildman–Crippen MR) is 89.2 cm³/mol. The van der Waals surface area contributed by atoms with Crippen molar-refractivity contribution in [1.29, 1.82) is 0 Å². The highest BCUT2D eigenvalue weighted by Gasteiger charge is 2.32. The zero-order chi connectivity index (χ0) is 16.3. The van der Waals surface area contributed by atoms with Crippen LogP contribution in [0.4, 0.5) is 0 Å². The summed E-state index contributed by atoms with van der Waals surface area (Å²) in [5.74, 6) is -0.520. The molecule has 0 radical (unpaired) electrons. The average Bonchev–Trinajstić information content (AvgIpc) is 2.61. The standard InChI is InChI=1S/C20H16O3/c1-20(14-21,23-19(22)16-9-3-2-4-10-16)18-13-7-11-15-8-5-6-12-17(15)18/h2-14H,1H3/t20-/m0/s1. The molecule has 0 saturated carbocycles. The van der Waals surface area contributed by atoms with E-state index in [1.54, 1.807) is 31.2 Å². The van der Waals surface area contributed by atoms with E-state index in [-0.39, 0.29) is 0 Å². The molecule has 0 spiro atoms. The van der Waals surface area contributed by atoms with Crippen LogP contribution in [0.2, 0.25) is 0 Å². The third-order valence-corrected chi connectivity index (χ3v) is 3.86. The smallest absolute Gasteiger partial charge is 0.339 e. The molecule has 0 unspecified atom stereocenters. The molecule has 3 aromatic rings. The second-order valence-corrected chi connectivity index (χ2v) is 5.51. The van der Waals surface area contributed by atoms with E-state index in [1.165, 1.54) is 0 Å². The van der Waals surface area contributed by atoms with Gasteiger partial charge in [-0.3, -0.25) is 4.79 Å². The highest BCUT2D eigenvalue weighted by atomic mass is 16.6. The molecule has 114 valence electrons. The van der Waals surface area contributed by atoms with Crippen LogP contribution in [-0.2, 0) is 15.1 Å². The minimum atomic E-state index is -1.34. The van der Waals surface area contributed by atoms with Crippen molar-refractivity contribution in [2.24, 2.45) is 0 Å². The van der Waals surface area contributed by atoms with Crippen LogP contribution in [0.25, 0.3) is 10.8 Å². The number of fused-ring (bicyclic) bond motifs is 1. The van der Waals surface area contributed by atoms with Crippen molar-refractivity contribution < 1.29 is 14.3 Å². The SMILES string of the molecule is C[C@@](C=O)(OC(=O)c1ccccc1)c1cccc2ccccc12. The highest BCUT2D eigenvalue weighted by Crippen LogP contribution is 2.31. The van der Waals surface area contributed by atoms with Crippen LogP contribution >= 0.6 is 0 Å². The summed E-state index contributed by atoms with van der Waals surface area (Å²) >= 11 is 0. The lowest BCUT2D eigenvalue weighted by molar-refractivity contribution is -0.124. The largest absolute Gasteiger partial charge is 0.443 e. The molecule has 0 N–H and O–H groups in total. The van der Waals surface area contributed by atoms with Crippen molar-refractivity contribution in [2.45, 2.75) is 12.5 Å². The number of hydrogen-bond acceptors (Lipinski definition) is 3. The molecule has 1 atom stereocenters. The number of hydrogen-bond donors (Lipinski definition) is 0. The van der Waals surface area contributed by atoms with Gasteiger partial charge in [0.2, 0.25) is 0 Å². The van der Waals surface area contributed by atoms with E-state index in [1.807, 2.05) is 48.5 Å². The lowest BCUT2D eigenvalue weighted by Gasteiger charge is -2.25. The summed E-state index contributed by atoms with van der Waals surface area (Å²) in [5, 5.41) is 1.89. The minimum Gasteiger partial charge on any atom is -0.443 e. The quantitative estimate of drug-likeness (QED) is 0.538. The average molecular weight is 304 g/mol. The van der Waals surface area contributed by atoms with Gasteiger partial charge in [0.15, 0.2) is 11.9 Å². The van der Waals surface area contributed by atoms with Gasteiger partial charge in [-0.2, -0.15) is 0 Å². The molecule has 0 heterocycles. The van der Waals surface area contributed by atoms with Crippen LogP contribution < -0.4 is 0 Å². The van der Waals surface area contributed by atoms with E-state index < -0.39 is 11.6 Å². The van der Waals surface area contributed by atoms with Gasteiger partial charge < -0.3 is 4.74 Å². The predicted octanol–water partition coefficient (Wildman–Crippen LogP) is 4.11. The van der Waals surface area contributed by atoms with E-state index in [2.05, 4.69) is 0 Å². The summed E-state index contributed by atoms with van der Waals surface area (Å²) in [7, 11) is 0. The summed E-state index contributed by atoms with van der Waals surface area (Å²) in [5.41, 5.74) is -0.246. The molecule has 0 amide bonds. The number of benzene rings is 3. The van der Waals surface area contributed by atoms with E-state index >= 15 is 0 Å². The maximum atomic E-state index is 12.3. The van der Waals surface area contributed by atoms with Crippen molar-refractivity contribution in [2.75, 3.05) is 0 Å². The van der Waals surface area contributed by atoms with Gasteiger partial charge in [-0.05, 0) is 29.8 Å². The summed E-state index contributed by atoms with van der Waals surface area (Å²) in [6, 6.07) is 22.0. The van der Waals surface area contributed by atoms with Crippen molar-refractivity contribution >= 4 is 23.0 Å². The molecular weight excluding hydrogens is 288 g/mol. The van der Waals surface area contributed by atoms with Gasteiger partial charge in [0.05, 0.1) is 5.56 Å². The fraction of sp³-hybridized carbons (Fsp3) is 0.100. The first-order chi connectivity index (χ1) is 11.1. The fourth-order valence-electron chi connectivity index (χ4n) is 2.63. The number of esters is 1. The van der Waals surface area contributed by atoms with Gasteiger partial charge in [-0.25, -0.2) is 4.79 Å². The van der Waals surface area contributed by atoms with Crippen LogP contribution in [0, 0.1) is 0 Å². The maximum Gasteiger partial charge on any atom is 0.339 e. The molecule has 3 nitrogen and oxygen atoms in total. The van der Waals surface area contributed by atoms with Gasteiger partial charge in [0.1, 0.15) is 0 Å². The summed E-state index contributed by atoms with van der Waals surface area (Å²) < 4.78 is 5.56. The Morgan fingerprint density at radius 3 is 2.30 bits per heavy atom. The first-order valence-electron chi connectivity index (χ1n) is 7.37. The van der Waals surface area contributed by atoms with E-state index in [0.29, 0.717) is 17.4 Å². The van der Waals surface area contributed by atoms with Gasteiger partial charge in [0.25, 0.3) is 0 Å². The zero-order valence-electron chi connectivity index (χ0n) is 12.7. The number of rotatable bonds is 4. The summed E-state index contributed by atoms with van der Waals surface area (Å²) in [4.78, 5) is 24.1. The Labute approximate surface area is 134 Å². The molecule has 0 aromatic heterocycles. The Hall–Kier alpha value is -2.94.